The highest BCUT2D eigenvalue weighted by atomic mass is 32.2. The molecule has 3 N–H and O–H groups in total. The topological polar surface area (TPSA) is 109 Å². The maximum absolute atomic E-state index is 11.2. The van der Waals surface area contributed by atoms with Crippen molar-refractivity contribution in [2.75, 3.05) is 16.2 Å². The highest BCUT2D eigenvalue weighted by molar-refractivity contribution is 7.92. The third kappa shape index (κ3) is 3.11. The summed E-state index contributed by atoms with van der Waals surface area (Å²) in [6.07, 6.45) is 1.36. The van der Waals surface area contributed by atoms with Crippen LogP contribution in [0.4, 0.5) is 11.5 Å². The minimum absolute atomic E-state index is 0.164. The van der Waals surface area contributed by atoms with Crippen LogP contribution in [0.3, 0.4) is 0 Å². The van der Waals surface area contributed by atoms with E-state index in [2.05, 4.69) is 9.71 Å². The Kier molecular flexibility index (Phi) is 3.11. The Morgan fingerprint density at radius 3 is 2.87 bits per heavy atom. The molecule has 0 atom stereocenters. The predicted molar refractivity (Wildman–Crippen MR) is 56.4 cm³/mol. The first-order chi connectivity index (χ1) is 6.94. The molecule has 80 valence electrons. The van der Waals surface area contributed by atoms with Crippen molar-refractivity contribution >= 4 is 21.5 Å². The van der Waals surface area contributed by atoms with E-state index in [1.807, 2.05) is 0 Å². The minimum atomic E-state index is -3.63. The van der Waals surface area contributed by atoms with Crippen molar-refractivity contribution in [1.29, 1.82) is 5.26 Å². The molecule has 0 aromatic carbocycles. The molecule has 1 heterocycles. The molecule has 0 unspecified atom stereocenters. The van der Waals surface area contributed by atoms with Crippen molar-refractivity contribution in [2.24, 2.45) is 0 Å². The molecule has 0 fully saturated rings. The second kappa shape index (κ2) is 4.14. The van der Waals surface area contributed by atoms with Gasteiger partial charge in [-0.1, -0.05) is 0 Å². The van der Waals surface area contributed by atoms with Crippen molar-refractivity contribution in [3.8, 4) is 6.07 Å². The summed E-state index contributed by atoms with van der Waals surface area (Å²) in [4.78, 5) is 3.78. The molecule has 7 heteroatoms. The minimum Gasteiger partial charge on any atom is -0.397 e. The van der Waals surface area contributed by atoms with Gasteiger partial charge in [-0.15, -0.1) is 0 Å². The van der Waals surface area contributed by atoms with Crippen molar-refractivity contribution < 1.29 is 8.42 Å². The molecule has 1 aromatic rings. The van der Waals surface area contributed by atoms with Gasteiger partial charge in [-0.3, -0.25) is 4.72 Å². The summed E-state index contributed by atoms with van der Waals surface area (Å²) in [5.41, 5.74) is 6.73. The highest BCUT2D eigenvalue weighted by Gasteiger charge is 2.10. The Balaban J connectivity index is 2.92. The normalized spacial score (nSPS) is 10.7. The zero-order chi connectivity index (χ0) is 11.5. The molecule has 0 aliphatic carbocycles. The second-order valence-electron chi connectivity index (χ2n) is 2.95. The van der Waals surface area contributed by atoms with Gasteiger partial charge in [0, 0.05) is 0 Å². The van der Waals surface area contributed by atoms with Gasteiger partial charge in [-0.05, 0) is 18.6 Å². The number of sulfonamides is 1. The summed E-state index contributed by atoms with van der Waals surface area (Å²) in [5, 5.41) is 8.27. The summed E-state index contributed by atoms with van der Waals surface area (Å²) >= 11 is 0. The van der Waals surface area contributed by atoms with Crippen LogP contribution in [-0.2, 0) is 10.0 Å². The van der Waals surface area contributed by atoms with E-state index in [1.165, 1.54) is 12.3 Å². The number of nitrogens with zero attached hydrogens (tertiary/aromatic N) is 2. The fraction of sp³-hybridized carbons (Fsp3) is 0.250. The molecule has 0 bridgehead atoms. The molecule has 0 spiro atoms. The Morgan fingerprint density at radius 2 is 2.33 bits per heavy atom. The lowest BCUT2D eigenvalue weighted by atomic mass is 10.2. The van der Waals surface area contributed by atoms with Crippen molar-refractivity contribution in [3.05, 3.63) is 17.8 Å². The van der Waals surface area contributed by atoms with E-state index >= 15 is 0 Å². The third-order valence-electron chi connectivity index (χ3n) is 1.67. The summed E-state index contributed by atoms with van der Waals surface area (Å²) < 4.78 is 24.6. The Morgan fingerprint density at radius 1 is 1.67 bits per heavy atom. The molecule has 15 heavy (non-hydrogen) atoms. The van der Waals surface area contributed by atoms with Crippen LogP contribution >= 0.6 is 0 Å². The number of pyridine rings is 1. The lowest BCUT2D eigenvalue weighted by Crippen LogP contribution is -2.16. The number of nitriles is 1. The molecule has 1 aromatic heterocycles. The van der Waals surface area contributed by atoms with Crippen LogP contribution in [0.5, 0.6) is 0 Å². The van der Waals surface area contributed by atoms with Crippen LogP contribution in [0.25, 0.3) is 0 Å². The monoisotopic (exact) mass is 226 g/mol. The van der Waals surface area contributed by atoms with E-state index < -0.39 is 15.8 Å². The van der Waals surface area contributed by atoms with Crippen LogP contribution in [0.15, 0.2) is 12.3 Å². The molecular formula is C8H10N4O2S. The highest BCUT2D eigenvalue weighted by Crippen LogP contribution is 2.13. The molecule has 0 saturated carbocycles. The number of anilines is 2. The maximum atomic E-state index is 11.2. The zero-order valence-corrected chi connectivity index (χ0v) is 8.87. The van der Waals surface area contributed by atoms with E-state index in [4.69, 9.17) is 11.0 Å². The first kappa shape index (κ1) is 11.3. The van der Waals surface area contributed by atoms with Crippen LogP contribution in [-0.4, -0.2) is 19.2 Å². The van der Waals surface area contributed by atoms with E-state index in [9.17, 15) is 8.42 Å². The van der Waals surface area contributed by atoms with Crippen LogP contribution in [0.2, 0.25) is 0 Å². The number of rotatable bonds is 3. The number of aromatic nitrogens is 1. The number of aryl methyl sites for hydroxylation is 1. The Bertz CT molecular complexity index is 504. The number of hydrogen-bond acceptors (Lipinski definition) is 5. The number of nitrogen functional groups attached to an aromatic ring is 1. The van der Waals surface area contributed by atoms with Gasteiger partial charge in [-0.2, -0.15) is 5.26 Å². The van der Waals surface area contributed by atoms with E-state index in [0.717, 1.165) is 5.56 Å². The third-order valence-corrected chi connectivity index (χ3v) is 2.70. The molecule has 0 saturated heterocycles. The van der Waals surface area contributed by atoms with Crippen LogP contribution < -0.4 is 10.5 Å². The average Bonchev–Trinajstić information content (AvgIpc) is 2.10. The van der Waals surface area contributed by atoms with Crippen LogP contribution in [0.1, 0.15) is 5.56 Å². The van der Waals surface area contributed by atoms with Gasteiger partial charge >= 0.3 is 0 Å². The fourth-order valence-corrected chi connectivity index (χ4v) is 1.58. The second-order valence-corrected chi connectivity index (χ2v) is 4.67. The van der Waals surface area contributed by atoms with Gasteiger partial charge in [0.2, 0.25) is 10.0 Å². The lowest BCUT2D eigenvalue weighted by Gasteiger charge is -2.05. The molecule has 6 nitrogen and oxygen atoms in total. The van der Waals surface area contributed by atoms with Crippen LogP contribution in [0, 0.1) is 18.3 Å². The average molecular weight is 226 g/mol. The SMILES string of the molecule is Cc1cc(NS(=O)(=O)CC#N)ncc1N. The number of nitrogens with two attached hydrogens (primary N) is 1. The smallest absolute Gasteiger partial charge is 0.247 e. The van der Waals surface area contributed by atoms with E-state index in [-0.39, 0.29) is 5.82 Å². The Labute approximate surface area is 87.8 Å². The first-order valence-electron chi connectivity index (χ1n) is 4.04. The van der Waals surface area contributed by atoms with Gasteiger partial charge in [0.15, 0.2) is 5.75 Å². The van der Waals surface area contributed by atoms with Gasteiger partial charge in [0.1, 0.15) is 5.82 Å². The molecule has 1 rings (SSSR count). The quantitative estimate of drug-likeness (QED) is 0.767. The molecular weight excluding hydrogens is 216 g/mol. The number of nitrogens with one attached hydrogen (secondary N) is 1. The van der Waals surface area contributed by atoms with E-state index in [1.54, 1.807) is 13.0 Å². The molecule has 0 aliphatic heterocycles. The summed E-state index contributed by atoms with van der Waals surface area (Å²) in [5.74, 6) is -0.435. The van der Waals surface area contributed by atoms with Gasteiger partial charge in [0.25, 0.3) is 0 Å². The van der Waals surface area contributed by atoms with Crippen molar-refractivity contribution in [2.45, 2.75) is 6.92 Å². The molecule has 0 aliphatic rings. The molecule has 0 amide bonds. The zero-order valence-electron chi connectivity index (χ0n) is 8.06. The number of hydrogen-bond donors (Lipinski definition) is 2. The first-order valence-corrected chi connectivity index (χ1v) is 5.69. The van der Waals surface area contributed by atoms with E-state index in [0.29, 0.717) is 5.69 Å². The van der Waals surface area contributed by atoms with Gasteiger partial charge in [0.05, 0.1) is 18.0 Å². The van der Waals surface area contributed by atoms with Gasteiger partial charge < -0.3 is 5.73 Å². The summed E-state index contributed by atoms with van der Waals surface area (Å²) in [6, 6.07) is 3.06. The summed E-state index contributed by atoms with van der Waals surface area (Å²) in [7, 11) is -3.63. The largest absolute Gasteiger partial charge is 0.397 e. The lowest BCUT2D eigenvalue weighted by molar-refractivity contribution is 0.604. The maximum Gasteiger partial charge on any atom is 0.247 e. The van der Waals surface area contributed by atoms with Crippen molar-refractivity contribution in [3.63, 3.8) is 0 Å². The predicted octanol–water partition coefficient (Wildman–Crippen LogP) is 0.238. The van der Waals surface area contributed by atoms with Crippen molar-refractivity contribution in [1.82, 2.24) is 4.98 Å². The fourth-order valence-electron chi connectivity index (χ4n) is 0.903. The Hall–Kier alpha value is -1.81. The standard InChI is InChI=1S/C8H10N4O2S/c1-6-4-8(11-5-7(6)10)12-15(13,14)3-2-9/h4-5H,3,10H2,1H3,(H,11,12). The molecule has 0 radical (unpaired) electrons. The van der Waals surface area contributed by atoms with Gasteiger partial charge in [-0.25, -0.2) is 13.4 Å². The summed E-state index contributed by atoms with van der Waals surface area (Å²) in [6.45, 7) is 1.74.